The highest BCUT2D eigenvalue weighted by Gasteiger charge is 2.06. The largest absolute Gasteiger partial charge is 0.370 e. The predicted molar refractivity (Wildman–Crippen MR) is 71.3 cm³/mol. The Morgan fingerprint density at radius 1 is 1.12 bits per heavy atom. The first-order valence-corrected chi connectivity index (χ1v) is 6.24. The molecule has 3 heteroatoms. The maximum absolute atomic E-state index is 4.63. The summed E-state index contributed by atoms with van der Waals surface area (Å²) in [7, 11) is 0. The second-order valence-electron chi connectivity index (χ2n) is 3.78. The van der Waals surface area contributed by atoms with Crippen molar-refractivity contribution in [1.29, 1.82) is 0 Å². The number of nitrogens with zero attached hydrogens (tertiary/aromatic N) is 2. The Kier molecular flexibility index (Phi) is 5.09. The molecule has 0 fully saturated rings. The monoisotopic (exact) mass is 221 g/mol. The van der Waals surface area contributed by atoms with E-state index >= 15 is 0 Å². The smallest absolute Gasteiger partial charge is 0.131 e. The van der Waals surface area contributed by atoms with Gasteiger partial charge in [-0.1, -0.05) is 6.92 Å². The maximum Gasteiger partial charge on any atom is 0.131 e. The lowest BCUT2D eigenvalue weighted by molar-refractivity contribution is 0.843. The van der Waals surface area contributed by atoms with Gasteiger partial charge < -0.3 is 10.2 Å². The van der Waals surface area contributed by atoms with Gasteiger partial charge in [-0.25, -0.2) is 4.98 Å². The Labute approximate surface area is 98.9 Å². The highest BCUT2D eigenvalue weighted by molar-refractivity contribution is 5.50. The van der Waals surface area contributed by atoms with Crippen LogP contribution in [0, 0.1) is 0 Å². The van der Waals surface area contributed by atoms with Gasteiger partial charge in [0.1, 0.15) is 11.6 Å². The van der Waals surface area contributed by atoms with Crippen molar-refractivity contribution >= 4 is 11.6 Å². The average molecular weight is 221 g/mol. The van der Waals surface area contributed by atoms with E-state index < -0.39 is 0 Å². The van der Waals surface area contributed by atoms with Crippen molar-refractivity contribution in [2.75, 3.05) is 29.9 Å². The molecule has 0 aromatic carbocycles. The van der Waals surface area contributed by atoms with Crippen LogP contribution in [0.4, 0.5) is 11.6 Å². The van der Waals surface area contributed by atoms with Crippen LogP contribution in [0.25, 0.3) is 0 Å². The molecule has 1 rings (SSSR count). The Morgan fingerprint density at radius 2 is 1.81 bits per heavy atom. The summed E-state index contributed by atoms with van der Waals surface area (Å²) in [4.78, 5) is 6.91. The van der Waals surface area contributed by atoms with Crippen LogP contribution in [0.5, 0.6) is 0 Å². The van der Waals surface area contributed by atoms with E-state index in [9.17, 15) is 0 Å². The zero-order valence-corrected chi connectivity index (χ0v) is 10.9. The van der Waals surface area contributed by atoms with Gasteiger partial charge in [0.05, 0.1) is 0 Å². The first kappa shape index (κ1) is 12.8. The van der Waals surface area contributed by atoms with E-state index in [-0.39, 0.29) is 0 Å². The van der Waals surface area contributed by atoms with E-state index in [0.29, 0.717) is 0 Å². The third-order valence-corrected chi connectivity index (χ3v) is 2.73. The summed E-state index contributed by atoms with van der Waals surface area (Å²) in [6.07, 6.45) is 1.05. The Balaban J connectivity index is 3.02. The number of rotatable bonds is 6. The van der Waals surface area contributed by atoms with Crippen LogP contribution in [-0.4, -0.2) is 24.6 Å². The molecule has 1 aromatic rings. The molecule has 0 saturated heterocycles. The highest BCUT2D eigenvalue weighted by atomic mass is 15.2. The number of hydrogen-bond acceptors (Lipinski definition) is 3. The summed E-state index contributed by atoms with van der Waals surface area (Å²) in [6, 6.07) is 4.32. The van der Waals surface area contributed by atoms with Crippen molar-refractivity contribution in [2.45, 2.75) is 34.1 Å². The molecule has 0 atom stereocenters. The number of aryl methyl sites for hydroxylation is 1. The molecule has 0 amide bonds. The van der Waals surface area contributed by atoms with Crippen LogP contribution >= 0.6 is 0 Å². The fraction of sp³-hybridized carbons (Fsp3) is 0.615. The van der Waals surface area contributed by atoms with E-state index in [1.165, 1.54) is 5.56 Å². The number of pyridine rings is 1. The first-order chi connectivity index (χ1) is 7.74. The lowest BCUT2D eigenvalue weighted by Crippen LogP contribution is -2.23. The molecule has 0 spiro atoms. The zero-order valence-electron chi connectivity index (χ0n) is 10.9. The fourth-order valence-corrected chi connectivity index (χ4v) is 1.76. The number of hydrogen-bond donors (Lipinski definition) is 1. The molecule has 1 heterocycles. The average Bonchev–Trinajstić information content (AvgIpc) is 2.31. The van der Waals surface area contributed by atoms with Gasteiger partial charge in [-0.05, 0) is 44.9 Å². The maximum atomic E-state index is 4.63. The molecule has 1 N–H and O–H groups in total. The van der Waals surface area contributed by atoms with Gasteiger partial charge in [-0.2, -0.15) is 0 Å². The number of aromatic nitrogens is 1. The fourth-order valence-electron chi connectivity index (χ4n) is 1.76. The molecule has 16 heavy (non-hydrogen) atoms. The normalized spacial score (nSPS) is 10.2. The summed E-state index contributed by atoms with van der Waals surface area (Å²) in [5, 5.41) is 3.29. The van der Waals surface area contributed by atoms with Gasteiger partial charge in [-0.3, -0.25) is 0 Å². The zero-order chi connectivity index (χ0) is 12.0. The molecule has 0 unspecified atom stereocenters. The molecule has 0 radical (unpaired) electrons. The Morgan fingerprint density at radius 3 is 2.31 bits per heavy atom. The highest BCUT2D eigenvalue weighted by Crippen LogP contribution is 2.18. The summed E-state index contributed by atoms with van der Waals surface area (Å²) in [5.41, 5.74) is 1.34. The van der Waals surface area contributed by atoms with Crippen molar-refractivity contribution in [3.05, 3.63) is 17.7 Å². The van der Waals surface area contributed by atoms with Crippen LogP contribution in [0.1, 0.15) is 33.3 Å². The third-order valence-electron chi connectivity index (χ3n) is 2.73. The summed E-state index contributed by atoms with van der Waals surface area (Å²) in [5.74, 6) is 2.07. The summed E-state index contributed by atoms with van der Waals surface area (Å²) >= 11 is 0. The van der Waals surface area contributed by atoms with Crippen LogP contribution < -0.4 is 10.2 Å². The lowest BCUT2D eigenvalue weighted by atomic mass is 10.2. The second kappa shape index (κ2) is 6.36. The molecule has 0 aliphatic rings. The van der Waals surface area contributed by atoms with Gasteiger partial charge in [0, 0.05) is 19.6 Å². The second-order valence-corrected chi connectivity index (χ2v) is 3.78. The topological polar surface area (TPSA) is 28.2 Å². The summed E-state index contributed by atoms with van der Waals surface area (Å²) in [6.45, 7) is 11.5. The molecule has 3 nitrogen and oxygen atoms in total. The van der Waals surface area contributed by atoms with Crippen LogP contribution in [0.3, 0.4) is 0 Å². The van der Waals surface area contributed by atoms with E-state index in [0.717, 1.165) is 37.7 Å². The van der Waals surface area contributed by atoms with E-state index in [1.54, 1.807) is 0 Å². The summed E-state index contributed by atoms with van der Waals surface area (Å²) < 4.78 is 0. The lowest BCUT2D eigenvalue weighted by Gasteiger charge is -2.21. The molecule has 0 aliphatic heterocycles. The van der Waals surface area contributed by atoms with Crippen molar-refractivity contribution in [1.82, 2.24) is 4.98 Å². The SMILES string of the molecule is CCNc1cc(CC)cc(N(CC)CC)n1. The van der Waals surface area contributed by atoms with Crippen LogP contribution in [0.2, 0.25) is 0 Å². The molecule has 0 aliphatic carbocycles. The van der Waals surface area contributed by atoms with Crippen molar-refractivity contribution in [2.24, 2.45) is 0 Å². The predicted octanol–water partition coefficient (Wildman–Crippen LogP) is 2.92. The van der Waals surface area contributed by atoms with Crippen LogP contribution in [0.15, 0.2) is 12.1 Å². The number of nitrogens with one attached hydrogen (secondary N) is 1. The van der Waals surface area contributed by atoms with Gasteiger partial charge in [0.25, 0.3) is 0 Å². The van der Waals surface area contributed by atoms with Crippen molar-refractivity contribution in [3.63, 3.8) is 0 Å². The third kappa shape index (κ3) is 3.12. The Hall–Kier alpha value is -1.25. The first-order valence-electron chi connectivity index (χ1n) is 6.24. The molecule has 90 valence electrons. The Bertz CT molecular complexity index is 319. The van der Waals surface area contributed by atoms with Gasteiger partial charge in [0.15, 0.2) is 0 Å². The molecule has 1 aromatic heterocycles. The molecule has 0 bridgehead atoms. The standard InChI is InChI=1S/C13H23N3/c1-5-11-9-12(14-6-2)15-13(10-11)16(7-3)8-4/h9-10H,5-8H2,1-4H3,(H,14,15). The number of anilines is 2. The van der Waals surface area contributed by atoms with Gasteiger partial charge in [-0.15, -0.1) is 0 Å². The minimum absolute atomic E-state index is 0.915. The van der Waals surface area contributed by atoms with E-state index in [1.807, 2.05) is 0 Å². The van der Waals surface area contributed by atoms with E-state index in [2.05, 4.69) is 55.0 Å². The van der Waals surface area contributed by atoms with Gasteiger partial charge >= 0.3 is 0 Å². The quantitative estimate of drug-likeness (QED) is 0.800. The minimum Gasteiger partial charge on any atom is -0.370 e. The minimum atomic E-state index is 0.915. The van der Waals surface area contributed by atoms with E-state index in [4.69, 9.17) is 0 Å². The van der Waals surface area contributed by atoms with Crippen molar-refractivity contribution < 1.29 is 0 Å². The molecule has 0 saturated carbocycles. The molecular formula is C13H23N3. The molecular weight excluding hydrogens is 198 g/mol. The van der Waals surface area contributed by atoms with Crippen molar-refractivity contribution in [3.8, 4) is 0 Å². The van der Waals surface area contributed by atoms with Crippen LogP contribution in [-0.2, 0) is 6.42 Å². The van der Waals surface area contributed by atoms with Gasteiger partial charge in [0.2, 0.25) is 0 Å².